The SMILES string of the molecule is CC(C)C(CC(=O)OCC[Si](C)(C)C)C(=O)O. The Bertz CT molecular complexity index is 268. The van der Waals surface area contributed by atoms with Crippen molar-refractivity contribution in [3.05, 3.63) is 0 Å². The Morgan fingerprint density at radius 2 is 1.76 bits per heavy atom. The third-order valence-electron chi connectivity index (χ3n) is 2.62. The second kappa shape index (κ2) is 6.79. The molecule has 0 aromatic heterocycles. The van der Waals surface area contributed by atoms with Crippen molar-refractivity contribution in [1.29, 1.82) is 0 Å². The number of carbonyl (C=O) groups excluding carboxylic acids is 1. The molecular weight excluding hydrogens is 236 g/mol. The van der Waals surface area contributed by atoms with E-state index in [4.69, 9.17) is 9.84 Å². The van der Waals surface area contributed by atoms with E-state index in [1.54, 1.807) is 13.8 Å². The summed E-state index contributed by atoms with van der Waals surface area (Å²) in [5, 5.41) is 8.95. The minimum Gasteiger partial charge on any atom is -0.481 e. The summed E-state index contributed by atoms with van der Waals surface area (Å²) in [6, 6.07) is 0.915. The van der Waals surface area contributed by atoms with E-state index in [9.17, 15) is 9.59 Å². The summed E-state index contributed by atoms with van der Waals surface area (Å²) in [7, 11) is -1.20. The molecule has 0 amide bonds. The summed E-state index contributed by atoms with van der Waals surface area (Å²) in [5.74, 6) is -2.03. The molecule has 0 rings (SSSR count). The highest BCUT2D eigenvalue weighted by atomic mass is 28.3. The zero-order valence-electron chi connectivity index (χ0n) is 11.4. The maximum absolute atomic E-state index is 11.5. The normalized spacial score (nSPS) is 13.5. The Morgan fingerprint density at radius 3 is 2.12 bits per heavy atom. The molecule has 4 nitrogen and oxygen atoms in total. The molecule has 0 fully saturated rings. The lowest BCUT2D eigenvalue weighted by Crippen LogP contribution is -2.26. The van der Waals surface area contributed by atoms with Crippen LogP contribution in [0.2, 0.25) is 25.7 Å². The Kier molecular flexibility index (Phi) is 6.45. The first-order chi connectivity index (χ1) is 7.63. The van der Waals surface area contributed by atoms with Gasteiger partial charge in [0, 0.05) is 8.07 Å². The van der Waals surface area contributed by atoms with Crippen LogP contribution in [0, 0.1) is 11.8 Å². The van der Waals surface area contributed by atoms with E-state index in [2.05, 4.69) is 19.6 Å². The standard InChI is InChI=1S/C12H24O4Si/c1-9(2)10(12(14)15)8-11(13)16-6-7-17(3,4)5/h9-10H,6-8H2,1-5H3,(H,14,15). The van der Waals surface area contributed by atoms with Gasteiger partial charge in [0.25, 0.3) is 0 Å². The quantitative estimate of drug-likeness (QED) is 0.564. The lowest BCUT2D eigenvalue weighted by molar-refractivity contribution is -0.152. The number of carboxylic acids is 1. The molecule has 1 N–H and O–H groups in total. The van der Waals surface area contributed by atoms with E-state index in [1.165, 1.54) is 0 Å². The maximum Gasteiger partial charge on any atom is 0.307 e. The summed E-state index contributed by atoms with van der Waals surface area (Å²) in [6.45, 7) is 10.6. The Hall–Kier alpha value is -0.843. The molecule has 0 aliphatic rings. The van der Waals surface area contributed by atoms with Gasteiger partial charge in [0.05, 0.1) is 18.9 Å². The van der Waals surface area contributed by atoms with Crippen molar-refractivity contribution >= 4 is 20.0 Å². The van der Waals surface area contributed by atoms with Gasteiger partial charge in [0.15, 0.2) is 0 Å². The second-order valence-corrected chi connectivity index (χ2v) is 11.5. The third kappa shape index (κ3) is 7.96. The predicted octanol–water partition coefficient (Wildman–Crippen LogP) is 2.61. The summed E-state index contributed by atoms with van der Waals surface area (Å²) in [6.07, 6.45) is -0.0291. The number of aliphatic carboxylic acids is 1. The minimum absolute atomic E-state index is 0.0291. The molecule has 5 heteroatoms. The number of hydrogen-bond donors (Lipinski definition) is 1. The van der Waals surface area contributed by atoms with Crippen molar-refractivity contribution in [2.45, 2.75) is 46.0 Å². The van der Waals surface area contributed by atoms with Gasteiger partial charge in [-0.1, -0.05) is 33.5 Å². The van der Waals surface area contributed by atoms with Gasteiger partial charge < -0.3 is 9.84 Å². The van der Waals surface area contributed by atoms with Crippen LogP contribution in [0.5, 0.6) is 0 Å². The highest BCUT2D eigenvalue weighted by Gasteiger charge is 2.25. The van der Waals surface area contributed by atoms with Crippen molar-refractivity contribution in [1.82, 2.24) is 0 Å². The first-order valence-electron chi connectivity index (χ1n) is 6.02. The Labute approximate surface area is 104 Å². The van der Waals surface area contributed by atoms with Crippen LogP contribution < -0.4 is 0 Å². The number of rotatable bonds is 7. The highest BCUT2D eigenvalue weighted by Crippen LogP contribution is 2.16. The van der Waals surface area contributed by atoms with Crippen molar-refractivity contribution in [3.8, 4) is 0 Å². The van der Waals surface area contributed by atoms with Crippen LogP contribution in [0.3, 0.4) is 0 Å². The van der Waals surface area contributed by atoms with E-state index in [-0.39, 0.29) is 12.3 Å². The molecular formula is C12H24O4Si. The maximum atomic E-state index is 11.5. The van der Waals surface area contributed by atoms with E-state index >= 15 is 0 Å². The van der Waals surface area contributed by atoms with Gasteiger partial charge in [0.2, 0.25) is 0 Å². The predicted molar refractivity (Wildman–Crippen MR) is 69.7 cm³/mol. The molecule has 0 saturated heterocycles. The number of ether oxygens (including phenoxy) is 1. The number of hydrogen-bond acceptors (Lipinski definition) is 3. The summed E-state index contributed by atoms with van der Waals surface area (Å²) in [4.78, 5) is 22.4. The molecule has 0 bridgehead atoms. The van der Waals surface area contributed by atoms with Crippen LogP contribution in [-0.4, -0.2) is 31.7 Å². The Balaban J connectivity index is 4.04. The number of carbonyl (C=O) groups is 2. The molecule has 0 saturated carbocycles. The summed E-state index contributed by atoms with van der Waals surface area (Å²) in [5.41, 5.74) is 0. The van der Waals surface area contributed by atoms with E-state index in [0.717, 1.165) is 6.04 Å². The monoisotopic (exact) mass is 260 g/mol. The van der Waals surface area contributed by atoms with Crippen LogP contribution in [0.1, 0.15) is 20.3 Å². The first-order valence-corrected chi connectivity index (χ1v) is 9.72. The van der Waals surface area contributed by atoms with Crippen molar-refractivity contribution in [2.75, 3.05) is 6.61 Å². The van der Waals surface area contributed by atoms with Crippen LogP contribution in [-0.2, 0) is 14.3 Å². The lowest BCUT2D eigenvalue weighted by atomic mass is 9.93. The molecule has 0 radical (unpaired) electrons. The molecule has 0 aromatic rings. The van der Waals surface area contributed by atoms with Gasteiger partial charge in [-0.15, -0.1) is 0 Å². The molecule has 0 aromatic carbocycles. The van der Waals surface area contributed by atoms with E-state index in [1.807, 2.05) is 0 Å². The molecule has 0 spiro atoms. The van der Waals surface area contributed by atoms with Crippen LogP contribution in [0.4, 0.5) is 0 Å². The van der Waals surface area contributed by atoms with Gasteiger partial charge in [-0.25, -0.2) is 0 Å². The van der Waals surface area contributed by atoms with Gasteiger partial charge >= 0.3 is 11.9 Å². The van der Waals surface area contributed by atoms with Gasteiger partial charge in [-0.2, -0.15) is 0 Å². The first kappa shape index (κ1) is 16.2. The Morgan fingerprint density at radius 1 is 1.24 bits per heavy atom. The van der Waals surface area contributed by atoms with Crippen molar-refractivity contribution in [3.63, 3.8) is 0 Å². The molecule has 0 aliphatic heterocycles. The summed E-state index contributed by atoms with van der Waals surface area (Å²) < 4.78 is 5.08. The smallest absolute Gasteiger partial charge is 0.307 e. The van der Waals surface area contributed by atoms with Crippen LogP contribution in [0.15, 0.2) is 0 Å². The fourth-order valence-corrected chi connectivity index (χ4v) is 2.03. The fraction of sp³-hybridized carbons (Fsp3) is 0.833. The summed E-state index contributed by atoms with van der Waals surface area (Å²) >= 11 is 0. The van der Waals surface area contributed by atoms with Crippen molar-refractivity contribution < 1.29 is 19.4 Å². The topological polar surface area (TPSA) is 63.6 Å². The number of carboxylic acid groups (broad SMARTS) is 1. The average molecular weight is 260 g/mol. The van der Waals surface area contributed by atoms with Gasteiger partial charge in [0.1, 0.15) is 0 Å². The molecule has 1 unspecified atom stereocenters. The average Bonchev–Trinajstić information content (AvgIpc) is 2.10. The molecule has 1 atom stereocenters. The van der Waals surface area contributed by atoms with Crippen LogP contribution in [0.25, 0.3) is 0 Å². The zero-order chi connectivity index (χ0) is 13.6. The second-order valence-electron chi connectivity index (χ2n) is 5.92. The van der Waals surface area contributed by atoms with Gasteiger partial charge in [-0.05, 0) is 12.0 Å². The van der Waals surface area contributed by atoms with Crippen molar-refractivity contribution in [2.24, 2.45) is 11.8 Å². The molecule has 17 heavy (non-hydrogen) atoms. The molecule has 0 aliphatic carbocycles. The third-order valence-corrected chi connectivity index (χ3v) is 4.33. The number of esters is 1. The van der Waals surface area contributed by atoms with E-state index in [0.29, 0.717) is 6.61 Å². The highest BCUT2D eigenvalue weighted by molar-refractivity contribution is 6.76. The van der Waals surface area contributed by atoms with E-state index < -0.39 is 25.9 Å². The lowest BCUT2D eigenvalue weighted by Gasteiger charge is -2.17. The fourth-order valence-electron chi connectivity index (χ4n) is 1.32. The zero-order valence-corrected chi connectivity index (χ0v) is 12.4. The molecule has 100 valence electrons. The minimum atomic E-state index is -1.20. The van der Waals surface area contributed by atoms with Gasteiger partial charge in [-0.3, -0.25) is 9.59 Å². The van der Waals surface area contributed by atoms with Crippen LogP contribution >= 0.6 is 0 Å². The molecule has 0 heterocycles. The largest absolute Gasteiger partial charge is 0.481 e.